The number of halogens is 4. The van der Waals surface area contributed by atoms with Gasteiger partial charge in [0.15, 0.2) is 0 Å². The van der Waals surface area contributed by atoms with Crippen LogP contribution in [0.15, 0.2) is 18.5 Å². The fourth-order valence-electron chi connectivity index (χ4n) is 1.30. The molecule has 0 aliphatic carbocycles. The highest BCUT2D eigenvalue weighted by Crippen LogP contribution is 2.32. The first-order chi connectivity index (χ1) is 6.95. The van der Waals surface area contributed by atoms with Gasteiger partial charge in [-0.3, -0.25) is 4.98 Å². The van der Waals surface area contributed by atoms with Crippen LogP contribution < -0.4 is 0 Å². The van der Waals surface area contributed by atoms with Crippen molar-refractivity contribution in [3.8, 4) is 0 Å². The highest BCUT2D eigenvalue weighted by molar-refractivity contribution is 6.18. The van der Waals surface area contributed by atoms with Crippen molar-refractivity contribution in [1.29, 1.82) is 0 Å². The van der Waals surface area contributed by atoms with Crippen LogP contribution in [0.1, 0.15) is 18.1 Å². The van der Waals surface area contributed by atoms with Gasteiger partial charge in [0.2, 0.25) is 0 Å². The van der Waals surface area contributed by atoms with Crippen LogP contribution in [0.5, 0.6) is 0 Å². The third-order valence-electron chi connectivity index (χ3n) is 2.04. The van der Waals surface area contributed by atoms with Gasteiger partial charge in [-0.1, -0.05) is 6.92 Å². The Balaban J connectivity index is 2.97. The lowest BCUT2D eigenvalue weighted by atomic mass is 10.00. The van der Waals surface area contributed by atoms with Gasteiger partial charge in [0.1, 0.15) is 0 Å². The van der Waals surface area contributed by atoms with Crippen LogP contribution in [0.3, 0.4) is 0 Å². The van der Waals surface area contributed by atoms with Gasteiger partial charge in [0.25, 0.3) is 0 Å². The molecule has 1 unspecified atom stereocenters. The molecule has 84 valence electrons. The van der Waals surface area contributed by atoms with Gasteiger partial charge in [-0.2, -0.15) is 13.2 Å². The van der Waals surface area contributed by atoms with E-state index in [2.05, 4.69) is 4.98 Å². The van der Waals surface area contributed by atoms with Crippen LogP contribution in [0, 0.1) is 5.92 Å². The van der Waals surface area contributed by atoms with Gasteiger partial charge >= 0.3 is 6.18 Å². The van der Waals surface area contributed by atoms with E-state index in [4.69, 9.17) is 11.6 Å². The first kappa shape index (κ1) is 12.3. The average Bonchev–Trinajstić information content (AvgIpc) is 2.17. The fourth-order valence-corrected chi connectivity index (χ4v) is 1.41. The molecule has 0 bridgehead atoms. The molecule has 5 heteroatoms. The van der Waals surface area contributed by atoms with Gasteiger partial charge in [0, 0.05) is 18.3 Å². The minimum absolute atomic E-state index is 0.0111. The summed E-state index contributed by atoms with van der Waals surface area (Å²) in [6.07, 6.45) is -1.61. The molecule has 1 aromatic rings. The van der Waals surface area contributed by atoms with Crippen molar-refractivity contribution < 1.29 is 13.2 Å². The highest BCUT2D eigenvalue weighted by Gasteiger charge is 2.33. The molecule has 0 saturated heterocycles. The van der Waals surface area contributed by atoms with E-state index in [1.807, 2.05) is 0 Å². The number of hydrogen-bond donors (Lipinski definition) is 0. The topological polar surface area (TPSA) is 12.9 Å². The Morgan fingerprint density at radius 1 is 1.47 bits per heavy atom. The van der Waals surface area contributed by atoms with Crippen LogP contribution in [-0.2, 0) is 12.6 Å². The maximum atomic E-state index is 12.5. The number of alkyl halides is 4. The van der Waals surface area contributed by atoms with Crippen LogP contribution in [0.25, 0.3) is 0 Å². The van der Waals surface area contributed by atoms with Crippen LogP contribution in [0.2, 0.25) is 0 Å². The maximum Gasteiger partial charge on any atom is 0.416 e. The van der Waals surface area contributed by atoms with Crippen molar-refractivity contribution in [3.63, 3.8) is 0 Å². The number of hydrogen-bond acceptors (Lipinski definition) is 1. The molecule has 1 atom stereocenters. The Kier molecular flexibility index (Phi) is 3.97. The second-order valence-electron chi connectivity index (χ2n) is 3.49. The Morgan fingerprint density at radius 2 is 2.13 bits per heavy atom. The first-order valence-corrected chi connectivity index (χ1v) is 5.04. The van der Waals surface area contributed by atoms with Gasteiger partial charge in [0.05, 0.1) is 5.56 Å². The Morgan fingerprint density at radius 3 is 2.67 bits per heavy atom. The predicted molar refractivity (Wildman–Crippen MR) is 52.8 cm³/mol. The van der Waals surface area contributed by atoms with Gasteiger partial charge in [-0.05, 0) is 24.0 Å². The maximum absolute atomic E-state index is 12.5. The molecule has 1 heterocycles. The van der Waals surface area contributed by atoms with Crippen molar-refractivity contribution in [1.82, 2.24) is 4.98 Å². The molecule has 0 fully saturated rings. The zero-order chi connectivity index (χ0) is 11.5. The minimum Gasteiger partial charge on any atom is -0.264 e. The molecule has 0 N–H and O–H groups in total. The number of aromatic nitrogens is 1. The summed E-state index contributed by atoms with van der Waals surface area (Å²) in [5, 5.41) is 0. The van der Waals surface area contributed by atoms with Crippen LogP contribution in [-0.4, -0.2) is 10.9 Å². The summed E-state index contributed by atoms with van der Waals surface area (Å²) < 4.78 is 37.6. The molecule has 0 aliphatic heterocycles. The molecule has 0 spiro atoms. The van der Waals surface area contributed by atoms with Gasteiger partial charge in [-0.15, -0.1) is 11.6 Å². The lowest BCUT2D eigenvalue weighted by Gasteiger charge is -2.14. The van der Waals surface area contributed by atoms with Gasteiger partial charge in [-0.25, -0.2) is 0 Å². The van der Waals surface area contributed by atoms with E-state index >= 15 is 0 Å². The zero-order valence-corrected chi connectivity index (χ0v) is 8.94. The smallest absolute Gasteiger partial charge is 0.264 e. The van der Waals surface area contributed by atoms with Crippen molar-refractivity contribution in [3.05, 3.63) is 29.6 Å². The second-order valence-corrected chi connectivity index (χ2v) is 3.80. The molecule has 1 nitrogen and oxygen atoms in total. The Hall–Kier alpha value is -0.770. The number of rotatable bonds is 3. The number of pyridine rings is 1. The summed E-state index contributed by atoms with van der Waals surface area (Å²) >= 11 is 5.57. The molecule has 0 radical (unpaired) electrons. The van der Waals surface area contributed by atoms with E-state index in [1.165, 1.54) is 6.20 Å². The molecular formula is C10H11ClF3N. The standard InChI is InChI=1S/C10H11ClF3N/c1-7(5-11)4-8-6-15-3-2-9(8)10(12,13)14/h2-3,6-7H,4-5H2,1H3. The van der Waals surface area contributed by atoms with Gasteiger partial charge < -0.3 is 0 Å². The predicted octanol–water partition coefficient (Wildman–Crippen LogP) is 3.52. The summed E-state index contributed by atoms with van der Waals surface area (Å²) in [7, 11) is 0. The molecule has 1 rings (SSSR count). The number of nitrogens with zero attached hydrogens (tertiary/aromatic N) is 1. The van der Waals surface area contributed by atoms with E-state index < -0.39 is 11.7 Å². The second kappa shape index (κ2) is 4.84. The molecular weight excluding hydrogens is 227 g/mol. The Bertz CT molecular complexity index is 325. The quantitative estimate of drug-likeness (QED) is 0.733. The molecule has 0 aliphatic rings. The van der Waals surface area contributed by atoms with E-state index in [1.54, 1.807) is 6.92 Å². The summed E-state index contributed by atoms with van der Waals surface area (Å²) in [5.74, 6) is 0.351. The third kappa shape index (κ3) is 3.38. The summed E-state index contributed by atoms with van der Waals surface area (Å²) in [4.78, 5) is 3.70. The molecule has 0 amide bonds. The lowest BCUT2D eigenvalue weighted by Crippen LogP contribution is -2.12. The first-order valence-electron chi connectivity index (χ1n) is 4.51. The van der Waals surface area contributed by atoms with Crippen LogP contribution in [0.4, 0.5) is 13.2 Å². The fraction of sp³-hybridized carbons (Fsp3) is 0.500. The van der Waals surface area contributed by atoms with E-state index in [0.29, 0.717) is 12.3 Å². The van der Waals surface area contributed by atoms with E-state index in [9.17, 15) is 13.2 Å². The van der Waals surface area contributed by atoms with Crippen molar-refractivity contribution in [2.45, 2.75) is 19.5 Å². The minimum atomic E-state index is -4.32. The Labute approximate surface area is 91.3 Å². The van der Waals surface area contributed by atoms with Crippen molar-refractivity contribution >= 4 is 11.6 Å². The third-order valence-corrected chi connectivity index (χ3v) is 2.57. The molecule has 1 aromatic heterocycles. The molecule has 15 heavy (non-hydrogen) atoms. The van der Waals surface area contributed by atoms with Crippen molar-refractivity contribution in [2.24, 2.45) is 5.92 Å². The normalized spacial score (nSPS) is 13.9. The summed E-state index contributed by atoms with van der Waals surface area (Å²) in [5.41, 5.74) is -0.410. The monoisotopic (exact) mass is 237 g/mol. The summed E-state index contributed by atoms with van der Waals surface area (Å²) in [6, 6.07) is 0.996. The molecule has 0 saturated carbocycles. The summed E-state index contributed by atoms with van der Waals surface area (Å²) in [6.45, 7) is 1.81. The van der Waals surface area contributed by atoms with Crippen molar-refractivity contribution in [2.75, 3.05) is 5.88 Å². The average molecular weight is 238 g/mol. The SMILES string of the molecule is CC(CCl)Cc1cnccc1C(F)(F)F. The van der Waals surface area contributed by atoms with E-state index in [0.717, 1.165) is 12.3 Å². The lowest BCUT2D eigenvalue weighted by molar-refractivity contribution is -0.138. The van der Waals surface area contributed by atoms with Crippen LogP contribution >= 0.6 is 11.6 Å². The highest BCUT2D eigenvalue weighted by atomic mass is 35.5. The molecule has 0 aromatic carbocycles. The largest absolute Gasteiger partial charge is 0.416 e. The van der Waals surface area contributed by atoms with E-state index in [-0.39, 0.29) is 11.5 Å². The zero-order valence-electron chi connectivity index (χ0n) is 8.18.